The summed E-state index contributed by atoms with van der Waals surface area (Å²) in [6.45, 7) is 9.38. The molecule has 7 nitrogen and oxygen atoms in total. The number of aromatic nitrogens is 1. The van der Waals surface area contributed by atoms with Crippen molar-refractivity contribution in [2.75, 3.05) is 25.1 Å². The van der Waals surface area contributed by atoms with Gasteiger partial charge in [0.15, 0.2) is 5.96 Å². The van der Waals surface area contributed by atoms with Crippen LogP contribution in [0.5, 0.6) is 11.5 Å². The van der Waals surface area contributed by atoms with E-state index in [2.05, 4.69) is 15.5 Å². The average Bonchev–Trinajstić information content (AvgIpc) is 2.89. The fourth-order valence-corrected chi connectivity index (χ4v) is 2.47. The molecule has 0 fully saturated rings. The number of aliphatic imine (C=N–C) groups is 1. The monoisotopic (exact) mass is 346 g/mol. The third-order valence-electron chi connectivity index (χ3n) is 3.65. The molecule has 7 heteroatoms. The van der Waals surface area contributed by atoms with Crippen molar-refractivity contribution >= 4 is 11.6 Å². The number of nitrogens with one attached hydrogen (secondary N) is 1. The molecule has 0 amide bonds. The van der Waals surface area contributed by atoms with Crippen LogP contribution in [-0.4, -0.2) is 30.9 Å². The second kappa shape index (κ2) is 8.96. The maximum atomic E-state index is 6.01. The number of anilines is 1. The summed E-state index contributed by atoms with van der Waals surface area (Å²) < 4.78 is 16.3. The largest absolute Gasteiger partial charge is 0.494 e. The molecule has 0 spiro atoms. The highest BCUT2D eigenvalue weighted by Crippen LogP contribution is 2.29. The van der Waals surface area contributed by atoms with E-state index >= 15 is 0 Å². The van der Waals surface area contributed by atoms with Gasteiger partial charge in [-0.2, -0.15) is 0 Å². The molecule has 2 aromatic rings. The Morgan fingerprint density at radius 2 is 2.00 bits per heavy atom. The van der Waals surface area contributed by atoms with Crippen molar-refractivity contribution < 1.29 is 14.0 Å². The van der Waals surface area contributed by atoms with Gasteiger partial charge in [-0.3, -0.25) is 4.99 Å². The first-order valence-electron chi connectivity index (χ1n) is 8.43. The molecule has 1 aromatic heterocycles. The lowest BCUT2D eigenvalue weighted by atomic mass is 10.1. The molecule has 25 heavy (non-hydrogen) atoms. The third kappa shape index (κ3) is 5.14. The Hall–Kier alpha value is -2.70. The molecular weight excluding hydrogens is 320 g/mol. The van der Waals surface area contributed by atoms with Crippen molar-refractivity contribution in [2.45, 2.75) is 34.1 Å². The van der Waals surface area contributed by atoms with Gasteiger partial charge in [-0.05, 0) is 46.2 Å². The van der Waals surface area contributed by atoms with Gasteiger partial charge in [-0.1, -0.05) is 5.16 Å². The van der Waals surface area contributed by atoms with E-state index in [-0.39, 0.29) is 0 Å². The Bertz CT molecular complexity index is 706. The summed E-state index contributed by atoms with van der Waals surface area (Å²) in [6.07, 6.45) is 0.723. The standard InChI is InChI=1S/C18H26N4O3/c1-5-23-14-7-8-17(24-6-2)16(11-14)21-18(19)20-10-9-15-12(3)22-25-13(15)4/h7-8,11H,5-6,9-10H2,1-4H3,(H3,19,20,21). The zero-order chi connectivity index (χ0) is 18.2. The predicted molar refractivity (Wildman–Crippen MR) is 98.6 cm³/mol. The second-order valence-corrected chi connectivity index (χ2v) is 5.47. The Kier molecular flexibility index (Phi) is 6.68. The van der Waals surface area contributed by atoms with Crippen molar-refractivity contribution in [3.63, 3.8) is 0 Å². The van der Waals surface area contributed by atoms with E-state index in [0.717, 1.165) is 34.9 Å². The smallest absolute Gasteiger partial charge is 0.193 e. The van der Waals surface area contributed by atoms with Crippen molar-refractivity contribution in [3.05, 3.63) is 35.2 Å². The Balaban J connectivity index is 2.04. The maximum Gasteiger partial charge on any atom is 0.193 e. The summed E-state index contributed by atoms with van der Waals surface area (Å²) in [5.41, 5.74) is 8.71. The summed E-state index contributed by atoms with van der Waals surface area (Å²) in [5, 5.41) is 7.03. The zero-order valence-electron chi connectivity index (χ0n) is 15.3. The minimum Gasteiger partial charge on any atom is -0.494 e. The van der Waals surface area contributed by atoms with E-state index in [4.69, 9.17) is 19.7 Å². The molecule has 0 unspecified atom stereocenters. The summed E-state index contributed by atoms with van der Waals surface area (Å²) >= 11 is 0. The fourth-order valence-electron chi connectivity index (χ4n) is 2.47. The zero-order valence-corrected chi connectivity index (χ0v) is 15.3. The number of nitrogens with two attached hydrogens (primary N) is 1. The van der Waals surface area contributed by atoms with E-state index in [1.54, 1.807) is 0 Å². The number of nitrogens with zero attached hydrogens (tertiary/aromatic N) is 2. The van der Waals surface area contributed by atoms with Crippen LogP contribution in [0, 0.1) is 13.8 Å². The van der Waals surface area contributed by atoms with Crippen molar-refractivity contribution in [2.24, 2.45) is 10.7 Å². The normalized spacial score (nSPS) is 11.4. The predicted octanol–water partition coefficient (Wildman–Crippen LogP) is 3.06. The van der Waals surface area contributed by atoms with Gasteiger partial charge in [0, 0.05) is 18.2 Å². The van der Waals surface area contributed by atoms with Crippen molar-refractivity contribution in [1.82, 2.24) is 5.16 Å². The quantitative estimate of drug-likeness (QED) is 0.563. The van der Waals surface area contributed by atoms with Crippen molar-refractivity contribution in [1.29, 1.82) is 0 Å². The van der Waals surface area contributed by atoms with Gasteiger partial charge in [-0.15, -0.1) is 0 Å². The first-order valence-corrected chi connectivity index (χ1v) is 8.43. The first-order chi connectivity index (χ1) is 12.0. The van der Waals surface area contributed by atoms with E-state index in [0.29, 0.717) is 31.5 Å². The lowest BCUT2D eigenvalue weighted by molar-refractivity contribution is 0.332. The number of benzene rings is 1. The van der Waals surface area contributed by atoms with Gasteiger partial charge >= 0.3 is 0 Å². The SMILES string of the molecule is CCOc1ccc(OCC)c(NC(N)=NCCc2c(C)noc2C)c1. The van der Waals surface area contributed by atoms with Gasteiger partial charge < -0.3 is 25.0 Å². The molecule has 0 saturated carbocycles. The van der Waals surface area contributed by atoms with E-state index < -0.39 is 0 Å². The number of guanidine groups is 1. The molecule has 1 aromatic carbocycles. The number of ether oxygens (including phenoxy) is 2. The number of rotatable bonds is 8. The number of aryl methyl sites for hydroxylation is 2. The van der Waals surface area contributed by atoms with Gasteiger partial charge in [0.25, 0.3) is 0 Å². The summed E-state index contributed by atoms with van der Waals surface area (Å²) in [4.78, 5) is 4.37. The number of hydrogen-bond donors (Lipinski definition) is 2. The van der Waals surface area contributed by atoms with Gasteiger partial charge in [0.1, 0.15) is 17.3 Å². The lowest BCUT2D eigenvalue weighted by Crippen LogP contribution is -2.23. The minimum atomic E-state index is 0.321. The van der Waals surface area contributed by atoms with Crippen LogP contribution in [0.4, 0.5) is 5.69 Å². The first kappa shape index (κ1) is 18.6. The van der Waals surface area contributed by atoms with Crippen LogP contribution in [-0.2, 0) is 6.42 Å². The Labute approximate surface area is 148 Å². The average molecular weight is 346 g/mol. The van der Waals surface area contributed by atoms with Crippen LogP contribution in [0.2, 0.25) is 0 Å². The van der Waals surface area contributed by atoms with Gasteiger partial charge in [-0.25, -0.2) is 0 Å². The highest BCUT2D eigenvalue weighted by Gasteiger charge is 2.09. The highest BCUT2D eigenvalue weighted by atomic mass is 16.5. The Morgan fingerprint density at radius 3 is 2.64 bits per heavy atom. The maximum absolute atomic E-state index is 6.01. The van der Waals surface area contributed by atoms with Crippen LogP contribution < -0.4 is 20.5 Å². The molecule has 1 heterocycles. The Morgan fingerprint density at radius 1 is 1.24 bits per heavy atom. The fraction of sp³-hybridized carbons (Fsp3) is 0.444. The molecule has 136 valence electrons. The molecular formula is C18H26N4O3. The van der Waals surface area contributed by atoms with Crippen LogP contribution in [0.3, 0.4) is 0 Å². The molecule has 0 aliphatic heterocycles. The topological polar surface area (TPSA) is 94.9 Å². The summed E-state index contributed by atoms with van der Waals surface area (Å²) in [6, 6.07) is 5.57. The lowest BCUT2D eigenvalue weighted by Gasteiger charge is -2.14. The van der Waals surface area contributed by atoms with E-state index in [1.807, 2.05) is 45.9 Å². The van der Waals surface area contributed by atoms with E-state index in [1.165, 1.54) is 0 Å². The second-order valence-electron chi connectivity index (χ2n) is 5.47. The van der Waals surface area contributed by atoms with Crippen LogP contribution >= 0.6 is 0 Å². The van der Waals surface area contributed by atoms with Gasteiger partial charge in [0.2, 0.25) is 0 Å². The summed E-state index contributed by atoms with van der Waals surface area (Å²) in [5.74, 6) is 2.59. The minimum absolute atomic E-state index is 0.321. The molecule has 3 N–H and O–H groups in total. The molecule has 0 saturated heterocycles. The molecule has 0 radical (unpaired) electrons. The molecule has 0 bridgehead atoms. The molecule has 0 aliphatic carbocycles. The molecule has 0 atom stereocenters. The highest BCUT2D eigenvalue weighted by molar-refractivity contribution is 5.94. The van der Waals surface area contributed by atoms with Gasteiger partial charge in [0.05, 0.1) is 24.6 Å². The van der Waals surface area contributed by atoms with Crippen LogP contribution in [0.25, 0.3) is 0 Å². The van der Waals surface area contributed by atoms with Crippen LogP contribution in [0.15, 0.2) is 27.7 Å². The molecule has 0 aliphatic rings. The third-order valence-corrected chi connectivity index (χ3v) is 3.65. The molecule has 2 rings (SSSR count). The van der Waals surface area contributed by atoms with Crippen molar-refractivity contribution in [3.8, 4) is 11.5 Å². The van der Waals surface area contributed by atoms with Crippen LogP contribution in [0.1, 0.15) is 30.9 Å². The van der Waals surface area contributed by atoms with E-state index in [9.17, 15) is 0 Å². The summed E-state index contributed by atoms with van der Waals surface area (Å²) in [7, 11) is 0. The number of hydrogen-bond acceptors (Lipinski definition) is 5.